The normalized spacial score (nSPS) is 13.3. The van der Waals surface area contributed by atoms with Crippen LogP contribution in [-0.2, 0) is 48.7 Å². The molecule has 14 rings (SSSR count). The first-order valence-corrected chi connectivity index (χ1v) is 33.8. The summed E-state index contributed by atoms with van der Waals surface area (Å²) < 4.78 is 49.9. The van der Waals surface area contributed by atoms with Gasteiger partial charge in [0.05, 0.1) is 63.9 Å². The fourth-order valence-corrected chi connectivity index (χ4v) is 15.3. The third-order valence-electron chi connectivity index (χ3n) is 20.0. The van der Waals surface area contributed by atoms with Gasteiger partial charge in [0.25, 0.3) is 0 Å². The molecule has 0 unspecified atom stereocenters. The van der Waals surface area contributed by atoms with E-state index in [1.807, 2.05) is 0 Å². The van der Waals surface area contributed by atoms with Gasteiger partial charge in [-0.2, -0.15) is 0 Å². The van der Waals surface area contributed by atoms with Gasteiger partial charge in [-0.05, 0) is 187 Å². The second-order valence-electron chi connectivity index (χ2n) is 25.3. The summed E-state index contributed by atoms with van der Waals surface area (Å²) in [6.07, 6.45) is 3.02. The van der Waals surface area contributed by atoms with Crippen LogP contribution in [0.1, 0.15) is 47.9 Å². The lowest BCUT2D eigenvalue weighted by Gasteiger charge is -2.35. The molecule has 1 aromatic heterocycles. The molecule has 0 N–H and O–H groups in total. The number of benzene rings is 11. The van der Waals surface area contributed by atoms with Crippen LogP contribution < -0.4 is 4.90 Å². The summed E-state index contributed by atoms with van der Waals surface area (Å²) in [7, 11) is 6.89. The number of aromatic nitrogens is 1. The first kappa shape index (κ1) is 64.3. The van der Waals surface area contributed by atoms with E-state index in [2.05, 4.69) is 252 Å². The monoisotopic (exact) mass is 1270 g/mol. The van der Waals surface area contributed by atoms with Gasteiger partial charge in [0, 0.05) is 99.2 Å². The van der Waals surface area contributed by atoms with E-state index in [1.165, 1.54) is 77.2 Å². The van der Waals surface area contributed by atoms with Gasteiger partial charge < -0.3 is 47.4 Å². The number of para-hydroxylation sites is 1. The Kier molecular flexibility index (Phi) is 19.8. The van der Waals surface area contributed by atoms with Crippen LogP contribution in [-0.4, -0.2) is 112 Å². The minimum absolute atomic E-state index is 0.434. The van der Waals surface area contributed by atoms with Crippen molar-refractivity contribution in [2.24, 2.45) is 0 Å². The van der Waals surface area contributed by atoms with Gasteiger partial charge in [-0.15, -0.1) is 0 Å². The third-order valence-corrected chi connectivity index (χ3v) is 20.0. The quantitative estimate of drug-likeness (QED) is 0.0395. The van der Waals surface area contributed by atoms with Crippen molar-refractivity contribution in [3.05, 3.63) is 265 Å². The average Bonchev–Trinajstić information content (AvgIpc) is 1.56. The summed E-state index contributed by atoms with van der Waals surface area (Å²) in [5, 5.41) is 4.87. The molecule has 2 aliphatic carbocycles. The Labute approximate surface area is 564 Å². The number of ether oxygens (including phenoxy) is 8. The third kappa shape index (κ3) is 12.6. The molecule has 0 saturated heterocycles. The highest BCUT2D eigenvalue weighted by atomic mass is 16.5. The molecule has 2 aliphatic rings. The molecule has 0 radical (unpaired) electrons. The highest BCUT2D eigenvalue weighted by molar-refractivity contribution is 6.11. The Morgan fingerprint density at radius 2 is 0.729 bits per heavy atom. The lowest BCUT2D eigenvalue weighted by molar-refractivity contribution is 0.0490. The molecule has 0 spiro atoms. The fourth-order valence-electron chi connectivity index (χ4n) is 15.3. The van der Waals surface area contributed by atoms with Crippen LogP contribution in [0.3, 0.4) is 0 Å². The maximum absolute atomic E-state index is 6.40. The predicted octanol–water partition coefficient (Wildman–Crippen LogP) is 19.2. The molecular weight excluding hydrogens is 1190 g/mol. The lowest BCUT2D eigenvalue weighted by Crippen LogP contribution is -2.30. The Morgan fingerprint density at radius 1 is 0.281 bits per heavy atom. The van der Waals surface area contributed by atoms with E-state index in [0.717, 1.165) is 81.7 Å². The Balaban J connectivity index is 0.930. The number of anilines is 3. The zero-order valence-corrected chi connectivity index (χ0v) is 55.6. The Hall–Kier alpha value is -9.04. The van der Waals surface area contributed by atoms with Crippen LogP contribution in [0, 0.1) is 0 Å². The van der Waals surface area contributed by atoms with Crippen LogP contribution in [0.4, 0.5) is 17.1 Å². The van der Waals surface area contributed by atoms with Crippen LogP contribution in [0.2, 0.25) is 0 Å². The molecule has 0 aliphatic heterocycles. The molecule has 10 nitrogen and oxygen atoms in total. The minimum Gasteiger partial charge on any atom is -0.382 e. The van der Waals surface area contributed by atoms with Crippen molar-refractivity contribution in [2.75, 3.05) is 113 Å². The van der Waals surface area contributed by atoms with Crippen molar-refractivity contribution in [3.8, 4) is 61.3 Å². The maximum Gasteiger partial charge on any atom is 0.0700 e. The second kappa shape index (κ2) is 29.5. The largest absolute Gasteiger partial charge is 0.382 e. The highest BCUT2D eigenvalue weighted by Gasteiger charge is 2.45. The standard InChI is InChI=1S/C86H84N2O8/c1-89-48-52-93-44-40-85(41-45-94-53-49-90-2)79-23-13-10-20-72(79)74-37-34-69(59-81(74)85)87(70-35-38-75-73-21-11-14-24-80(73)86(82(75)60-70,42-46-95-54-50-91-3)43-47-96-55-51-92-4)68-33-36-71(77(58-68)63-17-6-5-7-18-63)66-30-39-84-78(57-66)76-22-12-15-25-83(76)88(84)67-31-28-62(29-32-67)65-27-26-61-16-8-9-19-64(61)56-65/h5-39,56-60H,40-55H2,1-4H3. The van der Waals surface area contributed by atoms with E-state index < -0.39 is 10.8 Å². The molecule has 10 heteroatoms. The molecule has 0 amide bonds. The smallest absolute Gasteiger partial charge is 0.0700 e. The Morgan fingerprint density at radius 3 is 1.29 bits per heavy atom. The molecule has 0 saturated carbocycles. The number of hydrogen-bond acceptors (Lipinski definition) is 9. The molecular formula is C86H84N2O8. The average molecular weight is 1270 g/mol. The second-order valence-corrected chi connectivity index (χ2v) is 25.3. The minimum atomic E-state index is -0.434. The van der Waals surface area contributed by atoms with Crippen molar-refractivity contribution in [3.63, 3.8) is 0 Å². The molecule has 0 atom stereocenters. The molecule has 1 heterocycles. The van der Waals surface area contributed by atoms with Gasteiger partial charge in [-0.1, -0.05) is 170 Å². The van der Waals surface area contributed by atoms with Gasteiger partial charge in [0.15, 0.2) is 0 Å². The summed E-state index contributed by atoms with van der Waals surface area (Å²) in [6.45, 7) is 6.37. The van der Waals surface area contributed by atoms with E-state index in [9.17, 15) is 0 Å². The molecule has 0 bridgehead atoms. The van der Waals surface area contributed by atoms with Gasteiger partial charge in [-0.25, -0.2) is 0 Å². The summed E-state index contributed by atoms with van der Waals surface area (Å²) >= 11 is 0. The van der Waals surface area contributed by atoms with E-state index in [0.29, 0.717) is 79.3 Å². The number of hydrogen-bond donors (Lipinski definition) is 0. The number of fused-ring (bicyclic) bond motifs is 10. The molecule has 486 valence electrons. The maximum atomic E-state index is 6.40. The van der Waals surface area contributed by atoms with E-state index in [-0.39, 0.29) is 0 Å². The molecule has 96 heavy (non-hydrogen) atoms. The van der Waals surface area contributed by atoms with Gasteiger partial charge in [0.1, 0.15) is 0 Å². The van der Waals surface area contributed by atoms with Gasteiger partial charge >= 0.3 is 0 Å². The van der Waals surface area contributed by atoms with E-state index >= 15 is 0 Å². The lowest BCUT2D eigenvalue weighted by atomic mass is 9.73. The zero-order valence-electron chi connectivity index (χ0n) is 55.6. The van der Waals surface area contributed by atoms with Crippen molar-refractivity contribution < 1.29 is 37.9 Å². The molecule has 0 fully saturated rings. The zero-order chi connectivity index (χ0) is 65.3. The van der Waals surface area contributed by atoms with Gasteiger partial charge in [0.2, 0.25) is 0 Å². The number of methoxy groups -OCH3 is 4. The number of nitrogens with zero attached hydrogens (tertiary/aromatic N) is 2. The fraction of sp³-hybridized carbons (Fsp3) is 0.256. The molecule has 12 aromatic rings. The molecule has 11 aromatic carbocycles. The van der Waals surface area contributed by atoms with Crippen molar-refractivity contribution in [1.82, 2.24) is 4.57 Å². The SMILES string of the molecule is COCCOCCC1(CCOCCOC)c2ccccc2-c2ccc(N(c3ccc(-c4ccc5c(c4)c4ccccc4n5-c4ccc(-c5ccc6ccccc6c5)cc4)c(-c4ccccc4)c3)c3ccc4c(c3)C(CCOCCOC)(CCOCCOC)c3ccccc3-4)cc21. The first-order chi connectivity index (χ1) is 47.4. The van der Waals surface area contributed by atoms with Crippen LogP contribution >= 0.6 is 0 Å². The predicted molar refractivity (Wildman–Crippen MR) is 391 cm³/mol. The van der Waals surface area contributed by atoms with Crippen LogP contribution in [0.25, 0.3) is 93.9 Å². The highest BCUT2D eigenvalue weighted by Crippen LogP contribution is 2.57. The van der Waals surface area contributed by atoms with E-state index in [4.69, 9.17) is 37.9 Å². The van der Waals surface area contributed by atoms with Crippen LogP contribution in [0.5, 0.6) is 0 Å². The number of rotatable bonds is 31. The van der Waals surface area contributed by atoms with Crippen molar-refractivity contribution in [2.45, 2.75) is 36.5 Å². The summed E-state index contributed by atoms with van der Waals surface area (Å²) in [5.74, 6) is 0. The first-order valence-electron chi connectivity index (χ1n) is 33.8. The van der Waals surface area contributed by atoms with E-state index in [1.54, 1.807) is 28.4 Å². The summed E-state index contributed by atoms with van der Waals surface area (Å²) in [4.78, 5) is 2.49. The van der Waals surface area contributed by atoms with Gasteiger partial charge in [-0.3, -0.25) is 0 Å². The Bertz CT molecular complexity index is 4490. The summed E-state index contributed by atoms with van der Waals surface area (Å²) in [6, 6.07) is 90.4. The van der Waals surface area contributed by atoms with Crippen molar-refractivity contribution in [1.29, 1.82) is 0 Å². The summed E-state index contributed by atoms with van der Waals surface area (Å²) in [5.41, 5.74) is 22.6. The van der Waals surface area contributed by atoms with Crippen molar-refractivity contribution >= 4 is 49.6 Å². The topological polar surface area (TPSA) is 82.0 Å². The van der Waals surface area contributed by atoms with Crippen LogP contribution in [0.15, 0.2) is 243 Å².